The Balaban J connectivity index is 1.68. The van der Waals surface area contributed by atoms with Crippen molar-refractivity contribution in [2.24, 2.45) is 16.1 Å². The number of allylic oxidation sites excluding steroid dienone is 6. The van der Waals surface area contributed by atoms with Crippen molar-refractivity contribution in [1.29, 1.82) is 0 Å². The molecule has 0 spiro atoms. The largest absolute Gasteiger partial charge is 0.390 e. The summed E-state index contributed by atoms with van der Waals surface area (Å²) in [5, 5.41) is 4.16. The van der Waals surface area contributed by atoms with Gasteiger partial charge in [0.05, 0.1) is 29.6 Å². The third-order valence-electron chi connectivity index (χ3n) is 10.0. The van der Waals surface area contributed by atoms with Gasteiger partial charge in [-0.1, -0.05) is 66.8 Å². The minimum absolute atomic E-state index is 0.0211. The van der Waals surface area contributed by atoms with Gasteiger partial charge in [-0.25, -0.2) is 13.5 Å². The molecule has 0 bridgehead atoms. The van der Waals surface area contributed by atoms with E-state index in [0.717, 1.165) is 38.9 Å². The average Bonchev–Trinajstić information content (AvgIpc) is 3.52. The Labute approximate surface area is 359 Å². The summed E-state index contributed by atoms with van der Waals surface area (Å²) in [5.74, 6) is -1.37. The fraction of sp³-hybridized carbons (Fsp3) is 0.375. The average molecular weight is 968 g/mol. The van der Waals surface area contributed by atoms with Crippen LogP contribution < -0.4 is 16.0 Å². The molecule has 2 aromatic carbocycles. The quantitative estimate of drug-likeness (QED) is 0.0160. The van der Waals surface area contributed by atoms with Gasteiger partial charge in [0.15, 0.2) is 0 Å². The molecular formula is C40H50IN5O9S3. The van der Waals surface area contributed by atoms with Gasteiger partial charge in [-0.15, -0.1) is 0 Å². The van der Waals surface area contributed by atoms with Crippen LogP contribution in [-0.2, 0) is 35.0 Å². The summed E-state index contributed by atoms with van der Waals surface area (Å²) >= 11 is 2.83. The Morgan fingerprint density at radius 3 is 2.36 bits per heavy atom. The molecule has 14 nitrogen and oxygen atoms in total. The number of hydroxylamine groups is 2. The molecule has 5 N–H and O–H groups in total. The molecule has 0 saturated carbocycles. The second-order valence-corrected chi connectivity index (χ2v) is 20.2. The van der Waals surface area contributed by atoms with Crippen molar-refractivity contribution >= 4 is 77.8 Å². The minimum atomic E-state index is -4.21. The maximum atomic E-state index is 13.3. The number of halogens is 1. The predicted octanol–water partition coefficient (Wildman–Crippen LogP) is 5.85. The normalized spacial score (nSPS) is 21.0. The number of primary amides is 1. The molecule has 2 aromatic rings. The monoisotopic (exact) mass is 967 g/mol. The Morgan fingerprint density at radius 2 is 1.76 bits per heavy atom. The van der Waals surface area contributed by atoms with E-state index >= 15 is 0 Å². The van der Waals surface area contributed by atoms with E-state index in [4.69, 9.17) is 15.6 Å². The molecule has 0 aliphatic carbocycles. The predicted molar refractivity (Wildman–Crippen MR) is 238 cm³/mol. The Kier molecular flexibility index (Phi) is 15.8. The van der Waals surface area contributed by atoms with Crippen LogP contribution in [0.1, 0.15) is 55.1 Å². The second kappa shape index (κ2) is 19.5. The van der Waals surface area contributed by atoms with Gasteiger partial charge < -0.3 is 20.5 Å². The summed E-state index contributed by atoms with van der Waals surface area (Å²) < 4.78 is 65.6. The van der Waals surface area contributed by atoms with Crippen molar-refractivity contribution in [2.45, 2.75) is 48.0 Å². The van der Waals surface area contributed by atoms with Crippen molar-refractivity contribution < 1.29 is 40.4 Å². The lowest BCUT2D eigenvalue weighted by Crippen LogP contribution is -2.31. The molecule has 2 heterocycles. The van der Waals surface area contributed by atoms with Gasteiger partial charge in [-0.2, -0.15) is 8.42 Å². The molecule has 2 aliphatic heterocycles. The number of nitrogens with zero attached hydrogens (tertiary/aromatic N) is 3. The molecule has 2 aliphatic rings. The van der Waals surface area contributed by atoms with Gasteiger partial charge in [0.1, 0.15) is 13.9 Å². The van der Waals surface area contributed by atoms with Crippen molar-refractivity contribution in [1.82, 2.24) is 10.4 Å². The first kappa shape index (κ1) is 46.9. The summed E-state index contributed by atoms with van der Waals surface area (Å²) in [6.07, 6.45) is 14.4. The van der Waals surface area contributed by atoms with Crippen molar-refractivity contribution in [3.63, 3.8) is 0 Å². The molecule has 58 heavy (non-hydrogen) atoms. The SMILES string of the molecule is CON(C)C(=O)C(/C=C1\C(I)N=C(/C=C/C=C/C=C2/N(CCCS(=O)(=O)O)c3ccc(SO)cc3C2(C)c2ccc(C(N)=O)cc2)C1(C)C)=C/NCCCS(C)(=O)=O. The van der Waals surface area contributed by atoms with Crippen molar-refractivity contribution in [3.8, 4) is 0 Å². The lowest BCUT2D eigenvalue weighted by atomic mass is 9.75. The molecule has 0 fully saturated rings. The van der Waals surface area contributed by atoms with Gasteiger partial charge in [-0.05, 0) is 85.0 Å². The Hall–Kier alpha value is -3.79. The van der Waals surface area contributed by atoms with Gasteiger partial charge in [0.2, 0.25) is 5.91 Å². The highest BCUT2D eigenvalue weighted by molar-refractivity contribution is 14.1. The van der Waals surface area contributed by atoms with Gasteiger partial charge in [-0.3, -0.25) is 24.0 Å². The number of alkyl halides is 1. The number of anilines is 1. The van der Waals surface area contributed by atoms with Crippen molar-refractivity contribution in [2.75, 3.05) is 49.9 Å². The number of nitrogens with one attached hydrogen (secondary N) is 1. The summed E-state index contributed by atoms with van der Waals surface area (Å²) in [6, 6.07) is 12.5. The van der Waals surface area contributed by atoms with Crippen LogP contribution in [0.4, 0.5) is 5.69 Å². The maximum Gasteiger partial charge on any atom is 0.278 e. The third kappa shape index (κ3) is 11.5. The van der Waals surface area contributed by atoms with E-state index in [1.54, 1.807) is 30.5 Å². The van der Waals surface area contributed by atoms with E-state index in [9.17, 15) is 35.5 Å². The van der Waals surface area contributed by atoms with Crippen LogP contribution in [0.25, 0.3) is 0 Å². The summed E-state index contributed by atoms with van der Waals surface area (Å²) in [5.41, 5.74) is 9.71. The van der Waals surface area contributed by atoms with Gasteiger partial charge in [0.25, 0.3) is 16.0 Å². The number of likely N-dealkylation sites (N-methyl/N-ethyl adjacent to an activating group) is 1. The number of fused-ring (bicyclic) bond motifs is 1. The Bertz CT molecular complexity index is 2290. The number of hydrogen-bond donors (Lipinski definition) is 4. The van der Waals surface area contributed by atoms with E-state index in [1.807, 2.05) is 80.3 Å². The lowest BCUT2D eigenvalue weighted by Gasteiger charge is -2.31. The third-order valence-corrected chi connectivity index (χ3v) is 13.3. The number of sulfone groups is 1. The lowest BCUT2D eigenvalue weighted by molar-refractivity contribution is -0.163. The molecule has 0 aromatic heterocycles. The summed E-state index contributed by atoms with van der Waals surface area (Å²) in [7, 11) is -4.43. The molecule has 18 heteroatoms. The van der Waals surface area contributed by atoms with Gasteiger partial charge >= 0.3 is 0 Å². The molecule has 2 amide bonds. The zero-order chi connectivity index (χ0) is 43.1. The van der Waals surface area contributed by atoms with Crippen LogP contribution in [-0.4, -0.2) is 97.6 Å². The number of aliphatic imine (C=N–C) groups is 1. The smallest absolute Gasteiger partial charge is 0.278 e. The van der Waals surface area contributed by atoms with Crippen LogP contribution in [0.3, 0.4) is 0 Å². The van der Waals surface area contributed by atoms with E-state index in [0.29, 0.717) is 41.0 Å². The van der Waals surface area contributed by atoms with Crippen LogP contribution in [0.2, 0.25) is 0 Å². The molecule has 0 radical (unpaired) electrons. The number of amides is 2. The van der Waals surface area contributed by atoms with E-state index < -0.39 is 48.4 Å². The number of benzene rings is 2. The summed E-state index contributed by atoms with van der Waals surface area (Å²) in [6.45, 7) is 6.66. The molecule has 4 rings (SSSR count). The fourth-order valence-corrected chi connectivity index (χ4v) is 9.51. The first-order valence-corrected chi connectivity index (χ1v) is 23.8. The summed E-state index contributed by atoms with van der Waals surface area (Å²) in [4.78, 5) is 37.8. The van der Waals surface area contributed by atoms with E-state index in [-0.39, 0.29) is 22.8 Å². The second-order valence-electron chi connectivity index (χ2n) is 14.5. The molecule has 314 valence electrons. The molecule has 0 saturated heterocycles. The zero-order valence-corrected chi connectivity index (χ0v) is 37.8. The topological polar surface area (TPSA) is 209 Å². The zero-order valence-electron chi connectivity index (χ0n) is 33.2. The maximum absolute atomic E-state index is 13.3. The number of hydrogen-bond acceptors (Lipinski definition) is 12. The standard InChI is InChI=1S/C40H50IN5O9S3/c1-39(2)32(24-28(38(48)45(4)55-5)26-43-20-10-22-57(6,50)51)36(41)44-34(39)12-8-7-9-13-35-40(3,29-16-14-27(15-17-29)37(42)47)31-25-30(56-49)18-19-33(31)46(35)21-11-23-58(52,53)54/h7-9,12-19,24-26,36,43,49H,10-11,20-23H2,1-6H3,(H2,42,47)(H,52,53,54)/b9-7+,12-8+,28-26+,32-24+,35-13+. The Morgan fingerprint density at radius 1 is 1.07 bits per heavy atom. The highest BCUT2D eigenvalue weighted by atomic mass is 127. The molecule has 2 atom stereocenters. The number of rotatable bonds is 18. The number of carbonyl (C=O) groups is 2. The van der Waals surface area contributed by atoms with Gasteiger partial charge in [0, 0.05) is 77.6 Å². The first-order valence-electron chi connectivity index (χ1n) is 18.2. The van der Waals surface area contributed by atoms with Crippen LogP contribution in [0.5, 0.6) is 0 Å². The van der Waals surface area contributed by atoms with Crippen LogP contribution >= 0.6 is 34.6 Å². The van der Waals surface area contributed by atoms with Crippen LogP contribution in [0, 0.1) is 5.41 Å². The first-order chi connectivity index (χ1) is 27.1. The fourth-order valence-electron chi connectivity index (χ4n) is 6.79. The highest BCUT2D eigenvalue weighted by Gasteiger charge is 2.45. The molecule has 2 unspecified atom stereocenters. The van der Waals surface area contributed by atoms with Crippen molar-refractivity contribution in [3.05, 3.63) is 119 Å². The molecular weight excluding hydrogens is 918 g/mol. The minimum Gasteiger partial charge on any atom is -0.390 e. The number of nitrogens with two attached hydrogens (primary N) is 1. The van der Waals surface area contributed by atoms with E-state index in [2.05, 4.69) is 27.9 Å². The van der Waals surface area contributed by atoms with E-state index in [1.165, 1.54) is 20.4 Å². The highest BCUT2D eigenvalue weighted by Crippen LogP contribution is 2.52. The number of carbonyl (C=O) groups excluding carboxylic acids is 2. The van der Waals surface area contributed by atoms with Crippen LogP contribution in [0.15, 0.2) is 112 Å².